The molecule has 19 heavy (non-hydrogen) atoms. The summed E-state index contributed by atoms with van der Waals surface area (Å²) in [5, 5.41) is 17.1. The summed E-state index contributed by atoms with van der Waals surface area (Å²) in [5.41, 5.74) is 2.97. The highest BCUT2D eigenvalue weighted by Crippen LogP contribution is 2.34. The molecule has 0 bridgehead atoms. The predicted octanol–water partition coefficient (Wildman–Crippen LogP) is 3.69. The Morgan fingerprint density at radius 2 is 1.68 bits per heavy atom. The Morgan fingerprint density at radius 3 is 2.26 bits per heavy atom. The number of hydrogen-bond acceptors (Lipinski definition) is 4. The van der Waals surface area contributed by atoms with Crippen molar-refractivity contribution >= 4 is 22.7 Å². The smallest absolute Gasteiger partial charge is 0.315 e. The Labute approximate surface area is 111 Å². The normalized spacial score (nSPS) is 10.0. The second kappa shape index (κ2) is 5.39. The average Bonchev–Trinajstić information content (AvgIpc) is 2.40. The average molecular weight is 257 g/mol. The maximum atomic E-state index is 11.2. The molecule has 2 N–H and O–H groups in total. The van der Waals surface area contributed by atoms with E-state index < -0.39 is 0 Å². The van der Waals surface area contributed by atoms with Crippen LogP contribution in [-0.4, -0.2) is 12.0 Å². The van der Waals surface area contributed by atoms with E-state index in [9.17, 15) is 10.1 Å². The van der Waals surface area contributed by atoms with Gasteiger partial charge in [0.2, 0.25) is 0 Å². The van der Waals surface area contributed by atoms with Gasteiger partial charge in [0, 0.05) is 12.7 Å². The van der Waals surface area contributed by atoms with Crippen LogP contribution < -0.4 is 10.6 Å². The third kappa shape index (κ3) is 2.82. The van der Waals surface area contributed by atoms with Gasteiger partial charge in [-0.25, -0.2) is 0 Å². The third-order valence-corrected chi connectivity index (χ3v) is 2.82. The summed E-state index contributed by atoms with van der Waals surface area (Å²) in [4.78, 5) is 10.8. The van der Waals surface area contributed by atoms with E-state index in [0.717, 1.165) is 11.3 Å². The monoisotopic (exact) mass is 257 g/mol. The van der Waals surface area contributed by atoms with Gasteiger partial charge in [0.25, 0.3) is 0 Å². The number of hydrogen-bond donors (Lipinski definition) is 2. The van der Waals surface area contributed by atoms with E-state index >= 15 is 0 Å². The molecule has 5 nitrogen and oxygen atoms in total. The molecule has 98 valence electrons. The lowest BCUT2D eigenvalue weighted by atomic mass is 10.2. The molecular weight excluding hydrogens is 242 g/mol. The Bertz CT molecular complexity index is 594. The number of para-hydroxylation sites is 1. The number of anilines is 3. The van der Waals surface area contributed by atoms with Gasteiger partial charge in [0.05, 0.1) is 4.92 Å². The second-order valence-electron chi connectivity index (χ2n) is 4.20. The molecule has 0 amide bonds. The zero-order chi connectivity index (χ0) is 13.8. The Morgan fingerprint density at radius 1 is 1.05 bits per heavy atom. The largest absolute Gasteiger partial charge is 0.382 e. The lowest BCUT2D eigenvalue weighted by Gasteiger charge is -2.10. The van der Waals surface area contributed by atoms with Crippen molar-refractivity contribution in [3.05, 3.63) is 58.1 Å². The summed E-state index contributed by atoms with van der Waals surface area (Å²) in [5.74, 6) is 0. The summed E-state index contributed by atoms with van der Waals surface area (Å²) in [6.07, 6.45) is 0. The van der Waals surface area contributed by atoms with Gasteiger partial charge in [0.1, 0.15) is 11.4 Å². The molecular formula is C14H15N3O2. The van der Waals surface area contributed by atoms with Crippen molar-refractivity contribution in [2.24, 2.45) is 0 Å². The number of rotatable bonds is 4. The molecule has 0 fully saturated rings. The lowest BCUT2D eigenvalue weighted by Crippen LogP contribution is -2.01. The van der Waals surface area contributed by atoms with E-state index in [1.54, 1.807) is 25.2 Å². The Kier molecular flexibility index (Phi) is 3.66. The number of nitrogens with zero attached hydrogens (tertiary/aromatic N) is 1. The number of nitro groups is 1. The SMILES string of the molecule is CNc1cccc(Nc2ccc(C)cc2)c1[N+](=O)[O-]. The topological polar surface area (TPSA) is 67.2 Å². The zero-order valence-electron chi connectivity index (χ0n) is 10.8. The van der Waals surface area contributed by atoms with Crippen LogP contribution in [0.2, 0.25) is 0 Å². The van der Waals surface area contributed by atoms with Gasteiger partial charge in [-0.3, -0.25) is 10.1 Å². The summed E-state index contributed by atoms with van der Waals surface area (Å²) in [7, 11) is 1.66. The molecule has 0 atom stereocenters. The van der Waals surface area contributed by atoms with Crippen molar-refractivity contribution in [1.82, 2.24) is 0 Å². The van der Waals surface area contributed by atoms with Crippen LogP contribution in [0, 0.1) is 17.0 Å². The van der Waals surface area contributed by atoms with Crippen LogP contribution in [0.15, 0.2) is 42.5 Å². The maximum absolute atomic E-state index is 11.2. The van der Waals surface area contributed by atoms with Crippen molar-refractivity contribution in [3.63, 3.8) is 0 Å². The summed E-state index contributed by atoms with van der Waals surface area (Å²) in [6, 6.07) is 12.8. The fraction of sp³-hybridized carbons (Fsp3) is 0.143. The van der Waals surface area contributed by atoms with Crippen LogP contribution in [0.4, 0.5) is 22.7 Å². The highest BCUT2D eigenvalue weighted by atomic mass is 16.6. The first-order valence-corrected chi connectivity index (χ1v) is 5.90. The van der Waals surface area contributed by atoms with Gasteiger partial charge in [-0.05, 0) is 31.2 Å². The minimum atomic E-state index is -0.387. The van der Waals surface area contributed by atoms with Crippen LogP contribution in [0.1, 0.15) is 5.56 Å². The minimum Gasteiger partial charge on any atom is -0.382 e. The molecule has 0 saturated heterocycles. The van der Waals surface area contributed by atoms with E-state index in [2.05, 4.69) is 10.6 Å². The summed E-state index contributed by atoms with van der Waals surface area (Å²) < 4.78 is 0. The molecule has 0 radical (unpaired) electrons. The zero-order valence-corrected chi connectivity index (χ0v) is 10.8. The maximum Gasteiger partial charge on any atom is 0.315 e. The molecule has 2 rings (SSSR count). The van der Waals surface area contributed by atoms with Crippen LogP contribution in [0.5, 0.6) is 0 Å². The van der Waals surface area contributed by atoms with Crippen molar-refractivity contribution in [1.29, 1.82) is 0 Å². The van der Waals surface area contributed by atoms with Crippen LogP contribution >= 0.6 is 0 Å². The molecule has 5 heteroatoms. The Hall–Kier alpha value is -2.56. The summed E-state index contributed by atoms with van der Waals surface area (Å²) >= 11 is 0. The van der Waals surface area contributed by atoms with E-state index in [1.165, 1.54) is 0 Å². The van der Waals surface area contributed by atoms with Gasteiger partial charge in [-0.15, -0.1) is 0 Å². The molecule has 2 aromatic carbocycles. The highest BCUT2D eigenvalue weighted by Gasteiger charge is 2.18. The molecule has 0 unspecified atom stereocenters. The molecule has 2 aromatic rings. The van der Waals surface area contributed by atoms with Crippen molar-refractivity contribution < 1.29 is 4.92 Å². The number of nitro benzene ring substituents is 1. The molecule has 0 aliphatic heterocycles. The van der Waals surface area contributed by atoms with Gasteiger partial charge in [-0.1, -0.05) is 23.8 Å². The molecule has 0 aliphatic rings. The number of benzene rings is 2. The number of aryl methyl sites for hydroxylation is 1. The quantitative estimate of drug-likeness (QED) is 0.647. The van der Waals surface area contributed by atoms with E-state index in [0.29, 0.717) is 11.4 Å². The van der Waals surface area contributed by atoms with Crippen LogP contribution in [0.3, 0.4) is 0 Å². The van der Waals surface area contributed by atoms with E-state index in [4.69, 9.17) is 0 Å². The lowest BCUT2D eigenvalue weighted by molar-refractivity contribution is -0.383. The Balaban J connectivity index is 2.39. The first-order valence-electron chi connectivity index (χ1n) is 5.90. The minimum absolute atomic E-state index is 0.0468. The second-order valence-corrected chi connectivity index (χ2v) is 4.20. The predicted molar refractivity (Wildman–Crippen MR) is 77.1 cm³/mol. The molecule has 0 aromatic heterocycles. The molecule has 0 spiro atoms. The molecule has 0 aliphatic carbocycles. The van der Waals surface area contributed by atoms with Crippen molar-refractivity contribution in [3.8, 4) is 0 Å². The third-order valence-electron chi connectivity index (χ3n) is 2.82. The van der Waals surface area contributed by atoms with Crippen LogP contribution in [-0.2, 0) is 0 Å². The first-order chi connectivity index (χ1) is 9.11. The van der Waals surface area contributed by atoms with Crippen molar-refractivity contribution in [2.45, 2.75) is 6.92 Å². The van der Waals surface area contributed by atoms with Gasteiger partial charge < -0.3 is 10.6 Å². The van der Waals surface area contributed by atoms with E-state index in [-0.39, 0.29) is 10.6 Å². The number of nitrogens with one attached hydrogen (secondary N) is 2. The fourth-order valence-corrected chi connectivity index (χ4v) is 1.84. The molecule has 0 saturated carbocycles. The van der Waals surface area contributed by atoms with Gasteiger partial charge in [0.15, 0.2) is 0 Å². The van der Waals surface area contributed by atoms with Crippen LogP contribution in [0.25, 0.3) is 0 Å². The van der Waals surface area contributed by atoms with Gasteiger partial charge >= 0.3 is 5.69 Å². The first kappa shape index (κ1) is 12.9. The summed E-state index contributed by atoms with van der Waals surface area (Å²) in [6.45, 7) is 1.99. The standard InChI is InChI=1S/C14H15N3O2/c1-10-6-8-11(9-7-10)16-13-5-3-4-12(15-2)14(13)17(18)19/h3-9,15-16H,1-2H3. The molecule has 0 heterocycles. The highest BCUT2D eigenvalue weighted by molar-refractivity contribution is 5.79. The van der Waals surface area contributed by atoms with Gasteiger partial charge in [-0.2, -0.15) is 0 Å². The fourth-order valence-electron chi connectivity index (χ4n) is 1.84. The van der Waals surface area contributed by atoms with E-state index in [1.807, 2.05) is 31.2 Å². The van der Waals surface area contributed by atoms with Crippen molar-refractivity contribution in [2.75, 3.05) is 17.7 Å².